The molecule has 1 unspecified atom stereocenters. The van der Waals surface area contributed by atoms with Crippen LogP contribution in [0.4, 0.5) is 13.2 Å². The van der Waals surface area contributed by atoms with Gasteiger partial charge in [0.15, 0.2) is 11.6 Å². The van der Waals surface area contributed by atoms with Crippen LogP contribution in [0.3, 0.4) is 0 Å². The lowest BCUT2D eigenvalue weighted by atomic mass is 10.3. The zero-order chi connectivity index (χ0) is 15.2. The lowest BCUT2D eigenvalue weighted by Crippen LogP contribution is -2.25. The smallest absolute Gasteiger partial charge is 0.200 e. The minimum absolute atomic E-state index is 0.122. The predicted molar refractivity (Wildman–Crippen MR) is 69.8 cm³/mol. The first-order valence-corrected chi connectivity index (χ1v) is 6.19. The third-order valence-corrected chi connectivity index (χ3v) is 2.60. The van der Waals surface area contributed by atoms with Crippen molar-refractivity contribution in [3.05, 3.63) is 59.9 Å². The van der Waals surface area contributed by atoms with Crippen LogP contribution in [0.15, 0.2) is 42.5 Å². The van der Waals surface area contributed by atoms with Gasteiger partial charge in [0.05, 0.1) is 0 Å². The fourth-order valence-corrected chi connectivity index (χ4v) is 1.55. The minimum Gasteiger partial charge on any atom is -0.491 e. The van der Waals surface area contributed by atoms with Crippen molar-refractivity contribution in [1.29, 1.82) is 0 Å². The summed E-state index contributed by atoms with van der Waals surface area (Å²) < 4.78 is 49.1. The molecule has 3 nitrogen and oxygen atoms in total. The second-order valence-electron chi connectivity index (χ2n) is 4.28. The van der Waals surface area contributed by atoms with Crippen molar-refractivity contribution in [3.8, 4) is 11.5 Å². The van der Waals surface area contributed by atoms with E-state index in [0.29, 0.717) is 5.75 Å². The summed E-state index contributed by atoms with van der Waals surface area (Å²) in [4.78, 5) is 0. The van der Waals surface area contributed by atoms with E-state index in [4.69, 9.17) is 9.47 Å². The van der Waals surface area contributed by atoms with Crippen LogP contribution in [0.1, 0.15) is 0 Å². The maximum atomic E-state index is 13.3. The van der Waals surface area contributed by atoms with E-state index in [2.05, 4.69) is 0 Å². The SMILES string of the molecule is OC(COc1ccc(F)cc1)COc1cccc(F)c1F. The van der Waals surface area contributed by atoms with E-state index in [0.717, 1.165) is 6.07 Å². The number of aliphatic hydroxyl groups is 1. The van der Waals surface area contributed by atoms with Gasteiger partial charge in [-0.3, -0.25) is 0 Å². The Labute approximate surface area is 119 Å². The van der Waals surface area contributed by atoms with Gasteiger partial charge in [0, 0.05) is 0 Å². The Morgan fingerprint density at radius 3 is 2.29 bits per heavy atom. The van der Waals surface area contributed by atoms with Crippen LogP contribution in [0.25, 0.3) is 0 Å². The number of halogens is 3. The van der Waals surface area contributed by atoms with Gasteiger partial charge in [-0.15, -0.1) is 0 Å². The summed E-state index contributed by atoms with van der Waals surface area (Å²) >= 11 is 0. The summed E-state index contributed by atoms with van der Waals surface area (Å²) in [5.41, 5.74) is 0. The van der Waals surface area contributed by atoms with Crippen LogP contribution < -0.4 is 9.47 Å². The average molecular weight is 298 g/mol. The van der Waals surface area contributed by atoms with Crippen LogP contribution in [-0.4, -0.2) is 24.4 Å². The molecule has 0 aromatic heterocycles. The number of hydrogen-bond donors (Lipinski definition) is 1. The van der Waals surface area contributed by atoms with Crippen molar-refractivity contribution in [3.63, 3.8) is 0 Å². The van der Waals surface area contributed by atoms with Crippen molar-refractivity contribution in [1.82, 2.24) is 0 Å². The van der Waals surface area contributed by atoms with Crippen LogP contribution in [0.5, 0.6) is 11.5 Å². The topological polar surface area (TPSA) is 38.7 Å². The van der Waals surface area contributed by atoms with Crippen molar-refractivity contribution >= 4 is 0 Å². The van der Waals surface area contributed by atoms with E-state index in [9.17, 15) is 18.3 Å². The molecule has 0 saturated heterocycles. The number of ether oxygens (including phenoxy) is 2. The first-order valence-electron chi connectivity index (χ1n) is 6.19. The van der Waals surface area contributed by atoms with E-state index in [-0.39, 0.29) is 19.0 Å². The molecule has 0 bridgehead atoms. The largest absolute Gasteiger partial charge is 0.491 e. The summed E-state index contributed by atoms with van der Waals surface area (Å²) in [6.07, 6.45) is -1.04. The summed E-state index contributed by atoms with van der Waals surface area (Å²) in [6.45, 7) is -0.385. The predicted octanol–water partition coefficient (Wildman–Crippen LogP) is 2.92. The zero-order valence-electron chi connectivity index (χ0n) is 10.9. The molecule has 21 heavy (non-hydrogen) atoms. The third-order valence-electron chi connectivity index (χ3n) is 2.60. The van der Waals surface area contributed by atoms with Gasteiger partial charge in [0.1, 0.15) is 30.9 Å². The summed E-state index contributed by atoms with van der Waals surface area (Å²) in [7, 11) is 0. The van der Waals surface area contributed by atoms with E-state index in [1.807, 2.05) is 0 Å². The molecular formula is C15H13F3O3. The molecule has 0 aliphatic heterocycles. The Hall–Kier alpha value is -2.21. The molecule has 2 aromatic rings. The van der Waals surface area contributed by atoms with E-state index in [1.54, 1.807) is 0 Å². The Bertz CT molecular complexity index is 587. The molecule has 0 heterocycles. The van der Waals surface area contributed by atoms with Crippen molar-refractivity contribution in [2.75, 3.05) is 13.2 Å². The van der Waals surface area contributed by atoms with Gasteiger partial charge in [0.25, 0.3) is 0 Å². The number of hydrogen-bond acceptors (Lipinski definition) is 3. The Kier molecular flexibility index (Phi) is 5.05. The van der Waals surface area contributed by atoms with Gasteiger partial charge < -0.3 is 14.6 Å². The second-order valence-corrected chi connectivity index (χ2v) is 4.28. The molecule has 1 N–H and O–H groups in total. The maximum absolute atomic E-state index is 13.3. The van der Waals surface area contributed by atoms with Gasteiger partial charge in [-0.05, 0) is 36.4 Å². The highest BCUT2D eigenvalue weighted by molar-refractivity contribution is 5.25. The molecular weight excluding hydrogens is 285 g/mol. The summed E-state index contributed by atoms with van der Waals surface area (Å²) in [6, 6.07) is 8.79. The quantitative estimate of drug-likeness (QED) is 0.891. The highest BCUT2D eigenvalue weighted by Gasteiger charge is 2.12. The molecule has 0 radical (unpaired) electrons. The monoisotopic (exact) mass is 298 g/mol. The number of benzene rings is 2. The van der Waals surface area contributed by atoms with E-state index in [1.165, 1.54) is 36.4 Å². The van der Waals surface area contributed by atoms with Gasteiger partial charge in [0.2, 0.25) is 5.82 Å². The van der Waals surface area contributed by atoms with Crippen LogP contribution >= 0.6 is 0 Å². The number of rotatable bonds is 6. The van der Waals surface area contributed by atoms with E-state index >= 15 is 0 Å². The van der Waals surface area contributed by atoms with Gasteiger partial charge in [-0.1, -0.05) is 6.07 Å². The fourth-order valence-electron chi connectivity index (χ4n) is 1.55. The fraction of sp³-hybridized carbons (Fsp3) is 0.200. The Morgan fingerprint density at radius 1 is 0.905 bits per heavy atom. The lowest BCUT2D eigenvalue weighted by Gasteiger charge is -2.14. The van der Waals surface area contributed by atoms with Crippen LogP contribution in [0.2, 0.25) is 0 Å². The lowest BCUT2D eigenvalue weighted by molar-refractivity contribution is 0.0609. The summed E-state index contributed by atoms with van der Waals surface area (Å²) in [5, 5.41) is 9.65. The Morgan fingerprint density at radius 2 is 1.57 bits per heavy atom. The van der Waals surface area contributed by atoms with Gasteiger partial charge >= 0.3 is 0 Å². The van der Waals surface area contributed by atoms with Crippen LogP contribution in [0, 0.1) is 17.5 Å². The van der Waals surface area contributed by atoms with Gasteiger partial charge in [-0.25, -0.2) is 8.78 Å². The highest BCUT2D eigenvalue weighted by atomic mass is 19.2. The summed E-state index contributed by atoms with van der Waals surface area (Å²) in [5.74, 6) is -2.43. The average Bonchev–Trinajstić information content (AvgIpc) is 2.48. The standard InChI is InChI=1S/C15H13F3O3/c16-10-4-6-12(7-5-10)20-8-11(19)9-21-14-3-1-2-13(17)15(14)18/h1-7,11,19H,8-9H2. The number of aliphatic hydroxyl groups excluding tert-OH is 1. The van der Waals surface area contributed by atoms with Crippen molar-refractivity contribution < 1.29 is 27.8 Å². The molecule has 0 amide bonds. The molecule has 2 aromatic carbocycles. The molecule has 0 aliphatic rings. The van der Waals surface area contributed by atoms with Crippen molar-refractivity contribution in [2.45, 2.75) is 6.10 Å². The Balaban J connectivity index is 1.80. The molecule has 112 valence electrons. The normalized spacial score (nSPS) is 12.0. The molecule has 0 saturated carbocycles. The molecule has 2 rings (SSSR count). The second kappa shape index (κ2) is 6.99. The van der Waals surface area contributed by atoms with Crippen LogP contribution in [-0.2, 0) is 0 Å². The molecule has 6 heteroatoms. The van der Waals surface area contributed by atoms with E-state index < -0.39 is 23.6 Å². The molecule has 0 aliphatic carbocycles. The maximum Gasteiger partial charge on any atom is 0.200 e. The molecule has 0 fully saturated rings. The van der Waals surface area contributed by atoms with Crippen molar-refractivity contribution in [2.24, 2.45) is 0 Å². The first kappa shape index (κ1) is 15.2. The highest BCUT2D eigenvalue weighted by Crippen LogP contribution is 2.19. The van der Waals surface area contributed by atoms with Gasteiger partial charge in [-0.2, -0.15) is 4.39 Å². The molecule has 1 atom stereocenters. The minimum atomic E-state index is -1.11. The zero-order valence-corrected chi connectivity index (χ0v) is 10.9. The molecule has 0 spiro atoms. The first-order chi connectivity index (χ1) is 10.1. The third kappa shape index (κ3) is 4.39.